The smallest absolute Gasteiger partial charge is 0.364 e. The first-order valence-electron chi connectivity index (χ1n) is 27.6. The zero-order valence-corrected chi connectivity index (χ0v) is 46.1. The van der Waals surface area contributed by atoms with Gasteiger partial charge in [0, 0.05) is 24.2 Å². The van der Waals surface area contributed by atoms with Crippen molar-refractivity contribution in [3.8, 4) is 0 Å². The van der Waals surface area contributed by atoms with E-state index < -0.39 is 278 Å². The van der Waals surface area contributed by atoms with Crippen LogP contribution < -0.4 is 5.73 Å². The molecule has 35 nitrogen and oxygen atoms in total. The second-order valence-electron chi connectivity index (χ2n) is 22.6. The first-order chi connectivity index (χ1) is 39.6. The van der Waals surface area contributed by atoms with Crippen molar-refractivity contribution in [2.24, 2.45) is 23.5 Å². The molecule has 0 spiro atoms. The van der Waals surface area contributed by atoms with Gasteiger partial charge in [-0.25, -0.2) is 4.79 Å². The first kappa shape index (κ1) is 69.6. The van der Waals surface area contributed by atoms with Crippen LogP contribution in [-0.2, 0) is 66.4 Å². The van der Waals surface area contributed by atoms with E-state index in [1.807, 2.05) is 0 Å². The van der Waals surface area contributed by atoms with E-state index in [9.17, 15) is 107 Å². The molecule has 0 aromatic rings. The summed E-state index contributed by atoms with van der Waals surface area (Å²) in [6.45, 7) is 0.105. The first-order valence-corrected chi connectivity index (χ1v) is 27.6. The van der Waals surface area contributed by atoms with Gasteiger partial charge in [0.25, 0.3) is 5.79 Å². The van der Waals surface area contributed by atoms with Gasteiger partial charge in [-0.1, -0.05) is 20.8 Å². The molecule has 35 heteroatoms. The zero-order valence-electron chi connectivity index (χ0n) is 46.1. The van der Waals surface area contributed by atoms with E-state index in [2.05, 4.69) is 0 Å². The van der Waals surface area contributed by atoms with Gasteiger partial charge in [-0.2, -0.15) is 0 Å². The molecule has 0 saturated carbocycles. The van der Waals surface area contributed by atoms with E-state index in [1.54, 1.807) is 13.8 Å². The summed E-state index contributed by atoms with van der Waals surface area (Å²) in [5, 5.41) is 214. The highest BCUT2D eigenvalue weighted by Gasteiger charge is 2.59. The van der Waals surface area contributed by atoms with Crippen LogP contribution in [0.3, 0.4) is 0 Å². The SMILES string of the molecule is CC1C(O)[C@H](O[C@@H]2OC(CO[C@]3(C(=O)O)C[C@@H](O)[C@@H](N)C([C@H](O)[C@H](O)CO)O3)[C@H](O)C(O)[C@@H]2O)[C@H](CO)O[C@H]1O[C@@H]1C(O)[C@H](O)C(CO)O[C@@H]1OCC1O[C@@H](O[C@@H]2C(CO)O[C@@H](O[C@@H]3C(CO)O[C@@H](C)[C@@H](C)C3O)[C@@H](C)C2O)[C@H](O)C(O)[C@@H]1O. The fourth-order valence-corrected chi connectivity index (χ4v) is 11.2. The average molecular weight is 1230 g/mol. The number of aliphatic carboxylic acids is 1. The van der Waals surface area contributed by atoms with Gasteiger partial charge < -0.3 is 169 Å². The van der Waals surface area contributed by atoms with Crippen molar-refractivity contribution in [3.05, 3.63) is 0 Å². The number of ether oxygens (including phenoxy) is 13. The van der Waals surface area contributed by atoms with Gasteiger partial charge in [0.15, 0.2) is 31.5 Å². The van der Waals surface area contributed by atoms with Crippen molar-refractivity contribution in [2.45, 2.75) is 236 Å². The van der Waals surface area contributed by atoms with Crippen LogP contribution in [0.1, 0.15) is 34.1 Å². The normalized spacial score (nSPS) is 51.3. The van der Waals surface area contributed by atoms with E-state index in [0.717, 1.165) is 0 Å². The van der Waals surface area contributed by atoms with Crippen LogP contribution in [0.4, 0.5) is 0 Å². The summed E-state index contributed by atoms with van der Waals surface area (Å²) in [5.74, 6) is -7.48. The summed E-state index contributed by atoms with van der Waals surface area (Å²) in [4.78, 5) is 12.6. The third kappa shape index (κ3) is 14.3. The molecule has 0 radical (unpaired) electrons. The summed E-state index contributed by atoms with van der Waals surface area (Å²) in [7, 11) is 0. The number of carbonyl (C=O) groups is 1. The fraction of sp³-hybridized carbons (Fsp3) is 0.980. The number of carboxylic acids is 1. The van der Waals surface area contributed by atoms with Gasteiger partial charge >= 0.3 is 5.97 Å². The molecule has 0 aromatic heterocycles. The topological polar surface area (TPSA) is 568 Å². The Morgan fingerprint density at radius 1 is 0.488 bits per heavy atom. The number of aliphatic hydroxyl groups excluding tert-OH is 19. The Balaban J connectivity index is 1.00. The van der Waals surface area contributed by atoms with Crippen molar-refractivity contribution < 1.29 is 169 Å². The van der Waals surface area contributed by atoms with Crippen LogP contribution in [0.25, 0.3) is 0 Å². The zero-order chi connectivity index (χ0) is 62.1. The number of rotatable bonds is 22. The van der Waals surface area contributed by atoms with E-state index in [-0.39, 0.29) is 0 Å². The molecule has 490 valence electrons. The number of hydrogen-bond donors (Lipinski definition) is 21. The van der Waals surface area contributed by atoms with Crippen LogP contribution in [0, 0.1) is 17.8 Å². The van der Waals surface area contributed by atoms with Crippen molar-refractivity contribution in [3.63, 3.8) is 0 Å². The van der Waals surface area contributed by atoms with E-state index in [4.69, 9.17) is 67.3 Å². The van der Waals surface area contributed by atoms with Crippen molar-refractivity contribution in [1.82, 2.24) is 0 Å². The molecule has 7 heterocycles. The lowest BCUT2D eigenvalue weighted by atomic mass is 9.88. The minimum absolute atomic E-state index is 0.438. The predicted molar refractivity (Wildman–Crippen MR) is 264 cm³/mol. The Hall–Kier alpha value is -1.85. The Labute approximate surface area is 479 Å². The molecular weight excluding hydrogens is 1150 g/mol. The van der Waals surface area contributed by atoms with Crippen LogP contribution in [-0.4, -0.2) is 356 Å². The molecule has 36 atom stereocenters. The van der Waals surface area contributed by atoms with Crippen LogP contribution in [0.15, 0.2) is 0 Å². The minimum atomic E-state index is -2.87. The predicted octanol–water partition coefficient (Wildman–Crippen LogP) is -12.2. The van der Waals surface area contributed by atoms with Gasteiger partial charge in [-0.15, -0.1) is 0 Å². The summed E-state index contributed by atoms with van der Waals surface area (Å²) < 4.78 is 75.8. The largest absolute Gasteiger partial charge is 0.477 e. The maximum absolute atomic E-state index is 12.6. The quantitative estimate of drug-likeness (QED) is 0.0479. The van der Waals surface area contributed by atoms with Crippen LogP contribution in [0.5, 0.6) is 0 Å². The Morgan fingerprint density at radius 2 is 0.893 bits per heavy atom. The minimum Gasteiger partial charge on any atom is -0.477 e. The molecular formula is C49H85NO34. The second-order valence-corrected chi connectivity index (χ2v) is 22.6. The van der Waals surface area contributed by atoms with E-state index in [0.29, 0.717) is 0 Å². The molecule has 0 amide bonds. The lowest BCUT2D eigenvalue weighted by molar-refractivity contribution is -0.385. The molecule has 22 N–H and O–H groups in total. The highest BCUT2D eigenvalue weighted by Crippen LogP contribution is 2.40. The molecule has 0 bridgehead atoms. The molecule has 7 fully saturated rings. The molecule has 0 aliphatic carbocycles. The maximum atomic E-state index is 12.6. The van der Waals surface area contributed by atoms with Crippen LogP contribution >= 0.6 is 0 Å². The van der Waals surface area contributed by atoms with E-state index >= 15 is 0 Å². The lowest BCUT2D eigenvalue weighted by Crippen LogP contribution is -2.67. The fourth-order valence-electron chi connectivity index (χ4n) is 11.2. The number of carboxylic acid groups (broad SMARTS) is 1. The monoisotopic (exact) mass is 1230 g/mol. The van der Waals surface area contributed by atoms with Crippen molar-refractivity contribution >= 4 is 5.97 Å². The van der Waals surface area contributed by atoms with Crippen molar-refractivity contribution in [1.29, 1.82) is 0 Å². The average Bonchev–Trinajstić information content (AvgIpc) is 3.01. The standard InChI is InChI=1S/C49H85NO34/c1-13-16(4)74-20(8-53)38(26(13)58)80-43-14(2)27(59)39(21(9-54)76-43)81-45-36(68)33(65)31(63)23(78-45)11-72-47-42(35(67)30(62)19(7-52)75-47)83-44-15(3)28(60)40(22(10-55)77-44)82-46-37(69)34(66)32(64)24(79-46)12-73-49(48(70)71)5-17(56)25(50)41(84-49)29(61)18(57)6-51/h13-47,51-69H,5-12,50H2,1-4H3,(H,70,71)/t13-,14+,15?,16+,17-,18-,19?,20?,21?,22+,23?,24?,25-,26?,27?,28?,29-,30-,31-,32+,33?,34?,35?,36-,37+,38-,39-,40-,41?,42-,43+,44+,45+,46+,47+,49-/m1/s1. The van der Waals surface area contributed by atoms with Gasteiger partial charge in [0.05, 0.1) is 82.8 Å². The molecule has 13 unspecified atom stereocenters. The summed E-state index contributed by atoms with van der Waals surface area (Å²) in [6, 6.07) is -1.51. The Bertz CT molecular complexity index is 2040. The molecule has 7 aliphatic heterocycles. The third-order valence-electron chi connectivity index (χ3n) is 17.0. The summed E-state index contributed by atoms with van der Waals surface area (Å²) >= 11 is 0. The maximum Gasteiger partial charge on any atom is 0.364 e. The Kier molecular flexibility index (Phi) is 24.4. The Morgan fingerprint density at radius 3 is 1.36 bits per heavy atom. The highest BCUT2D eigenvalue weighted by atomic mass is 16.8. The molecule has 0 aromatic carbocycles. The molecule has 84 heavy (non-hydrogen) atoms. The van der Waals surface area contributed by atoms with Gasteiger partial charge in [0.2, 0.25) is 0 Å². The number of nitrogens with two attached hydrogens (primary N) is 1. The number of hydrogen-bond acceptors (Lipinski definition) is 34. The van der Waals surface area contributed by atoms with Gasteiger partial charge in [-0.3, -0.25) is 0 Å². The molecule has 7 rings (SSSR count). The van der Waals surface area contributed by atoms with Gasteiger partial charge in [0.1, 0.15) is 128 Å². The summed E-state index contributed by atoms with van der Waals surface area (Å²) in [5.41, 5.74) is 5.91. The molecule has 7 saturated heterocycles. The second kappa shape index (κ2) is 29.4. The van der Waals surface area contributed by atoms with Crippen LogP contribution in [0.2, 0.25) is 0 Å². The third-order valence-corrected chi connectivity index (χ3v) is 17.0. The van der Waals surface area contributed by atoms with Crippen molar-refractivity contribution in [2.75, 3.05) is 46.2 Å². The lowest BCUT2D eigenvalue weighted by Gasteiger charge is -2.49. The molecule has 7 aliphatic rings. The highest BCUT2D eigenvalue weighted by molar-refractivity contribution is 5.76. The van der Waals surface area contributed by atoms with Gasteiger partial charge in [-0.05, 0) is 6.92 Å². The number of aliphatic hydroxyl groups is 19. The summed E-state index contributed by atoms with van der Waals surface area (Å²) in [6.07, 6.45) is -53.8. The van der Waals surface area contributed by atoms with E-state index in [1.165, 1.54) is 13.8 Å².